The smallest absolute Gasteiger partial charge is 0.308 e. The van der Waals surface area contributed by atoms with Crippen LogP contribution >= 0.6 is 0 Å². The number of cyclic esters (lactones) is 1. The Kier molecular flexibility index (Phi) is 4.17. The van der Waals surface area contributed by atoms with Gasteiger partial charge >= 0.3 is 5.97 Å². The minimum absolute atomic E-state index is 0.0477. The van der Waals surface area contributed by atoms with Crippen molar-refractivity contribution >= 4 is 5.97 Å². The van der Waals surface area contributed by atoms with Crippen molar-refractivity contribution < 1.29 is 34.0 Å². The maximum absolute atomic E-state index is 12.5. The van der Waals surface area contributed by atoms with Crippen LogP contribution in [0.4, 0.5) is 0 Å². The third kappa shape index (κ3) is 2.24. The summed E-state index contributed by atoms with van der Waals surface area (Å²) in [5, 5.41) is 34.7. The predicted octanol–water partition coefficient (Wildman–Crippen LogP) is 2.77. The lowest BCUT2D eigenvalue weighted by atomic mass is 9.37. The number of esters is 1. The molecule has 3 heterocycles. The molecule has 1 aromatic rings. The van der Waals surface area contributed by atoms with Crippen LogP contribution in [0.5, 0.6) is 0 Å². The highest BCUT2D eigenvalue weighted by atomic mass is 16.6. The van der Waals surface area contributed by atoms with Crippen molar-refractivity contribution in [3.05, 3.63) is 24.2 Å². The number of rotatable bonds is 1. The van der Waals surface area contributed by atoms with E-state index in [1.807, 2.05) is 19.9 Å². The molecule has 5 aliphatic rings. The fraction of sp³-hybridized carbons (Fsp3) is 0.808. The van der Waals surface area contributed by atoms with Gasteiger partial charge in [-0.3, -0.25) is 4.79 Å². The van der Waals surface area contributed by atoms with Crippen molar-refractivity contribution in [1.82, 2.24) is 0 Å². The standard InChI is InChI=1S/C26H36O7/c1-22(2)15-10-17(28)25(5)14(24(15,4)16(27)11-18(29)32-22)6-8-23(3)19(13-7-9-31-12-13)20(30)21-26(23,25)33-21/h7,9,12,14-17,19-21,27-28,30H,6,8,10-11H2,1-5H3. The van der Waals surface area contributed by atoms with E-state index in [0.29, 0.717) is 6.42 Å². The van der Waals surface area contributed by atoms with E-state index in [1.165, 1.54) is 0 Å². The lowest BCUT2D eigenvalue weighted by Crippen LogP contribution is -2.71. The van der Waals surface area contributed by atoms with Crippen LogP contribution < -0.4 is 0 Å². The molecule has 2 aliphatic heterocycles. The van der Waals surface area contributed by atoms with Crippen molar-refractivity contribution in [3.63, 3.8) is 0 Å². The van der Waals surface area contributed by atoms with Crippen molar-refractivity contribution in [3.8, 4) is 0 Å². The zero-order chi connectivity index (χ0) is 23.8. The molecule has 33 heavy (non-hydrogen) atoms. The molecule has 6 rings (SSSR count). The molecule has 0 aromatic carbocycles. The first-order valence-electron chi connectivity index (χ1n) is 12.3. The topological polar surface area (TPSA) is 113 Å². The molecule has 3 aliphatic carbocycles. The normalized spacial score (nSPS) is 56.6. The molecule has 7 heteroatoms. The van der Waals surface area contributed by atoms with Crippen LogP contribution in [-0.4, -0.2) is 56.9 Å². The van der Waals surface area contributed by atoms with Crippen molar-refractivity contribution in [1.29, 1.82) is 0 Å². The molecule has 7 nitrogen and oxygen atoms in total. The molecule has 0 bridgehead atoms. The molecule has 0 amide bonds. The largest absolute Gasteiger partial charge is 0.472 e. The summed E-state index contributed by atoms with van der Waals surface area (Å²) in [6, 6.07) is 1.92. The summed E-state index contributed by atoms with van der Waals surface area (Å²) >= 11 is 0. The predicted molar refractivity (Wildman–Crippen MR) is 117 cm³/mol. The first-order chi connectivity index (χ1) is 15.4. The monoisotopic (exact) mass is 460 g/mol. The van der Waals surface area contributed by atoms with Gasteiger partial charge in [-0.1, -0.05) is 20.8 Å². The number of hydrogen-bond donors (Lipinski definition) is 3. The highest BCUT2D eigenvalue weighted by Crippen LogP contribution is 2.82. The summed E-state index contributed by atoms with van der Waals surface area (Å²) in [6.07, 6.45) is 2.59. The zero-order valence-electron chi connectivity index (χ0n) is 20.1. The third-order valence-electron chi connectivity index (χ3n) is 11.2. The van der Waals surface area contributed by atoms with Crippen LogP contribution in [0, 0.1) is 28.1 Å². The van der Waals surface area contributed by atoms with Gasteiger partial charge in [0.15, 0.2) is 0 Å². The summed E-state index contributed by atoms with van der Waals surface area (Å²) in [6.45, 7) is 10.2. The number of ether oxygens (including phenoxy) is 2. The van der Waals surface area contributed by atoms with Crippen LogP contribution in [0.25, 0.3) is 0 Å². The van der Waals surface area contributed by atoms with Gasteiger partial charge in [-0.2, -0.15) is 0 Å². The highest BCUT2D eigenvalue weighted by molar-refractivity contribution is 5.71. The maximum Gasteiger partial charge on any atom is 0.308 e. The Hall–Kier alpha value is -1.41. The van der Waals surface area contributed by atoms with Gasteiger partial charge in [0.05, 0.1) is 37.3 Å². The number of hydrogen-bond acceptors (Lipinski definition) is 7. The van der Waals surface area contributed by atoms with Gasteiger partial charge in [-0.15, -0.1) is 0 Å². The molecule has 0 radical (unpaired) electrons. The van der Waals surface area contributed by atoms with E-state index in [9.17, 15) is 20.1 Å². The number of furan rings is 1. The van der Waals surface area contributed by atoms with Gasteiger partial charge in [0.25, 0.3) is 0 Å². The van der Waals surface area contributed by atoms with E-state index >= 15 is 0 Å². The quantitative estimate of drug-likeness (QED) is 0.436. The Morgan fingerprint density at radius 3 is 2.42 bits per heavy atom. The van der Waals surface area contributed by atoms with Gasteiger partial charge in [0.2, 0.25) is 0 Å². The molecule has 1 aromatic heterocycles. The number of carbonyl (C=O) groups excluding carboxylic acids is 1. The minimum Gasteiger partial charge on any atom is -0.472 e. The van der Waals surface area contributed by atoms with Crippen LogP contribution in [0.15, 0.2) is 23.0 Å². The van der Waals surface area contributed by atoms with E-state index in [-0.39, 0.29) is 30.3 Å². The number of epoxide rings is 1. The number of aliphatic hydroxyl groups excluding tert-OH is 3. The van der Waals surface area contributed by atoms with Crippen molar-refractivity contribution in [2.75, 3.05) is 0 Å². The maximum atomic E-state index is 12.5. The molecular formula is C26H36O7. The fourth-order valence-electron chi connectivity index (χ4n) is 9.81. The Balaban J connectivity index is 1.51. The van der Waals surface area contributed by atoms with Crippen LogP contribution in [0.2, 0.25) is 0 Å². The Labute approximate surface area is 194 Å². The second kappa shape index (κ2) is 6.23. The molecule has 182 valence electrons. The Morgan fingerprint density at radius 2 is 1.76 bits per heavy atom. The lowest BCUT2D eigenvalue weighted by molar-refractivity contribution is -0.258. The van der Waals surface area contributed by atoms with E-state index in [1.54, 1.807) is 12.5 Å². The van der Waals surface area contributed by atoms with Gasteiger partial charge in [0.1, 0.15) is 17.3 Å². The van der Waals surface area contributed by atoms with Gasteiger partial charge in [-0.25, -0.2) is 0 Å². The molecule has 3 N–H and O–H groups in total. The SMILES string of the molecule is CC1(C)OC(=O)CC(O)C2(C)C1CC(O)C1(C)C2CCC2(C)C(c3ccoc3)C(O)C3OC321. The highest BCUT2D eigenvalue weighted by Gasteiger charge is 2.89. The van der Waals surface area contributed by atoms with Crippen LogP contribution in [-0.2, 0) is 14.3 Å². The second-order valence-corrected chi connectivity index (χ2v) is 12.6. The molecule has 11 atom stereocenters. The average Bonchev–Trinajstić information content (AvgIpc) is 3.22. The molecule has 1 spiro atoms. The second-order valence-electron chi connectivity index (χ2n) is 12.6. The summed E-state index contributed by atoms with van der Waals surface area (Å²) in [5.41, 5.74) is -2.28. The molecule has 3 saturated carbocycles. The molecule has 11 unspecified atom stereocenters. The molecule has 5 fully saturated rings. The first-order valence-corrected chi connectivity index (χ1v) is 12.3. The number of carbonyl (C=O) groups is 1. The zero-order valence-corrected chi connectivity index (χ0v) is 20.1. The van der Waals surface area contributed by atoms with Gasteiger partial charge in [0, 0.05) is 28.1 Å². The van der Waals surface area contributed by atoms with Crippen molar-refractivity contribution in [2.24, 2.45) is 28.1 Å². The van der Waals surface area contributed by atoms with Crippen molar-refractivity contribution in [2.45, 2.75) is 102 Å². The first kappa shape index (κ1) is 22.1. The minimum atomic E-state index is -0.873. The summed E-state index contributed by atoms with van der Waals surface area (Å²) in [7, 11) is 0. The number of fused-ring (bicyclic) bond motifs is 3. The van der Waals surface area contributed by atoms with E-state index in [4.69, 9.17) is 13.9 Å². The lowest BCUT2D eigenvalue weighted by Gasteiger charge is -2.67. The summed E-state index contributed by atoms with van der Waals surface area (Å²) in [5.74, 6) is -0.842. The van der Waals surface area contributed by atoms with Gasteiger partial charge < -0.3 is 29.2 Å². The van der Waals surface area contributed by atoms with Gasteiger partial charge in [-0.05, 0) is 50.7 Å². The molecular weight excluding hydrogens is 424 g/mol. The Morgan fingerprint density at radius 1 is 1.03 bits per heavy atom. The third-order valence-corrected chi connectivity index (χ3v) is 11.2. The average molecular weight is 461 g/mol. The van der Waals surface area contributed by atoms with E-state index < -0.39 is 51.7 Å². The number of aliphatic hydroxyl groups is 3. The summed E-state index contributed by atoms with van der Waals surface area (Å²) in [4.78, 5) is 12.5. The summed E-state index contributed by atoms with van der Waals surface area (Å²) < 4.78 is 17.6. The molecule has 2 saturated heterocycles. The van der Waals surface area contributed by atoms with E-state index in [0.717, 1.165) is 18.4 Å². The Bertz CT molecular complexity index is 989. The fourth-order valence-corrected chi connectivity index (χ4v) is 9.81. The van der Waals surface area contributed by atoms with E-state index in [2.05, 4.69) is 20.8 Å². The van der Waals surface area contributed by atoms with Crippen LogP contribution in [0.3, 0.4) is 0 Å². The van der Waals surface area contributed by atoms with Crippen LogP contribution in [0.1, 0.15) is 71.8 Å².